The number of non-ortho nitro benzene ring substituents is 1. The summed E-state index contributed by atoms with van der Waals surface area (Å²) in [5, 5.41) is 13.7. The Morgan fingerprint density at radius 2 is 2.04 bits per heavy atom. The van der Waals surface area contributed by atoms with Crippen LogP contribution in [0.25, 0.3) is 5.69 Å². The number of nitrogens with zero attached hydrogens (tertiary/aromatic N) is 3. The van der Waals surface area contributed by atoms with E-state index in [0.717, 1.165) is 6.42 Å². The number of rotatable bonds is 8. The SMILES string of the molecule is CCOCCCN=C(C)c1c(C)[nH]n(-c2ccc([N+](=O)[O-])cc2)c1=O. The number of hydrogen-bond donors (Lipinski definition) is 1. The third-order valence-electron chi connectivity index (χ3n) is 3.75. The van der Waals surface area contributed by atoms with Crippen molar-refractivity contribution >= 4 is 11.4 Å². The summed E-state index contributed by atoms with van der Waals surface area (Å²) < 4.78 is 6.64. The topological polar surface area (TPSA) is 103 Å². The maximum Gasteiger partial charge on any atom is 0.280 e. The number of hydrogen-bond acceptors (Lipinski definition) is 5. The lowest BCUT2D eigenvalue weighted by atomic mass is 10.2. The molecule has 0 atom stereocenters. The zero-order chi connectivity index (χ0) is 18.4. The van der Waals surface area contributed by atoms with Gasteiger partial charge in [0.25, 0.3) is 11.2 Å². The molecule has 0 unspecified atom stereocenters. The number of nitro groups is 1. The summed E-state index contributed by atoms with van der Waals surface area (Å²) in [4.78, 5) is 27.4. The summed E-state index contributed by atoms with van der Waals surface area (Å²) >= 11 is 0. The molecule has 0 amide bonds. The third-order valence-corrected chi connectivity index (χ3v) is 3.75. The van der Waals surface area contributed by atoms with Gasteiger partial charge in [0.1, 0.15) is 0 Å². The van der Waals surface area contributed by atoms with Crippen LogP contribution in [-0.2, 0) is 4.74 Å². The van der Waals surface area contributed by atoms with Crippen molar-refractivity contribution < 1.29 is 9.66 Å². The van der Waals surface area contributed by atoms with E-state index in [1.807, 2.05) is 6.92 Å². The molecule has 8 heteroatoms. The zero-order valence-electron chi connectivity index (χ0n) is 14.6. The van der Waals surface area contributed by atoms with E-state index in [-0.39, 0.29) is 11.2 Å². The molecule has 2 aromatic rings. The molecule has 0 spiro atoms. The maximum atomic E-state index is 12.7. The van der Waals surface area contributed by atoms with E-state index in [9.17, 15) is 14.9 Å². The minimum atomic E-state index is -0.475. The number of aliphatic imine (C=N–C) groups is 1. The van der Waals surface area contributed by atoms with Gasteiger partial charge in [0, 0.05) is 43.3 Å². The molecule has 0 bridgehead atoms. The van der Waals surface area contributed by atoms with E-state index >= 15 is 0 Å². The van der Waals surface area contributed by atoms with E-state index in [1.165, 1.54) is 28.9 Å². The summed E-state index contributed by atoms with van der Waals surface area (Å²) in [6, 6.07) is 5.81. The number of nitrogens with one attached hydrogen (secondary N) is 1. The number of aromatic nitrogens is 2. The molecule has 1 aromatic carbocycles. The Hall–Kier alpha value is -2.74. The standard InChI is InChI=1S/C17H22N4O4/c1-4-25-11-5-10-18-12(2)16-13(3)19-20(17(16)22)14-6-8-15(9-7-14)21(23)24/h6-9,19H,4-5,10-11H2,1-3H3. The van der Waals surface area contributed by atoms with Crippen LogP contribution in [0.2, 0.25) is 0 Å². The van der Waals surface area contributed by atoms with Crippen LogP contribution >= 0.6 is 0 Å². The first-order chi connectivity index (χ1) is 12.0. The number of ether oxygens (including phenoxy) is 1. The van der Waals surface area contributed by atoms with Gasteiger partial charge in [0.05, 0.1) is 16.2 Å². The average molecular weight is 346 g/mol. The van der Waals surface area contributed by atoms with Gasteiger partial charge in [-0.05, 0) is 39.3 Å². The molecule has 2 rings (SSSR count). The summed E-state index contributed by atoms with van der Waals surface area (Å²) in [5.74, 6) is 0. The Morgan fingerprint density at radius 3 is 2.64 bits per heavy atom. The predicted octanol–water partition coefficient (Wildman–Crippen LogP) is 2.62. The fraction of sp³-hybridized carbons (Fsp3) is 0.412. The fourth-order valence-electron chi connectivity index (χ4n) is 2.51. The quantitative estimate of drug-likeness (QED) is 0.343. The van der Waals surface area contributed by atoms with Gasteiger partial charge >= 0.3 is 0 Å². The van der Waals surface area contributed by atoms with Crippen molar-refractivity contribution in [2.45, 2.75) is 27.2 Å². The molecule has 0 saturated heterocycles. The predicted molar refractivity (Wildman–Crippen MR) is 96.0 cm³/mol. The lowest BCUT2D eigenvalue weighted by Crippen LogP contribution is -2.20. The second kappa shape index (κ2) is 8.39. The number of nitro benzene ring substituents is 1. The summed E-state index contributed by atoms with van der Waals surface area (Å²) in [5.41, 5.74) is 2.18. The molecule has 25 heavy (non-hydrogen) atoms. The van der Waals surface area contributed by atoms with Crippen molar-refractivity contribution in [1.82, 2.24) is 9.78 Å². The summed E-state index contributed by atoms with van der Waals surface area (Å²) in [6.07, 6.45) is 0.797. The van der Waals surface area contributed by atoms with Crippen molar-refractivity contribution in [3.05, 3.63) is 56.0 Å². The summed E-state index contributed by atoms with van der Waals surface area (Å²) in [7, 11) is 0. The van der Waals surface area contributed by atoms with Crippen LogP contribution in [0.1, 0.15) is 31.5 Å². The highest BCUT2D eigenvalue weighted by molar-refractivity contribution is 5.99. The minimum absolute atomic E-state index is 0.0210. The second-order valence-corrected chi connectivity index (χ2v) is 5.54. The Bertz CT molecular complexity index is 818. The van der Waals surface area contributed by atoms with Gasteiger partial charge in [-0.3, -0.25) is 25.0 Å². The van der Waals surface area contributed by atoms with Crippen molar-refractivity contribution in [2.24, 2.45) is 4.99 Å². The molecule has 0 aliphatic heterocycles. The highest BCUT2D eigenvalue weighted by Gasteiger charge is 2.15. The van der Waals surface area contributed by atoms with Gasteiger partial charge in [0.15, 0.2) is 0 Å². The van der Waals surface area contributed by atoms with Crippen LogP contribution in [0.4, 0.5) is 5.69 Å². The van der Waals surface area contributed by atoms with Crippen molar-refractivity contribution in [2.75, 3.05) is 19.8 Å². The molecule has 1 aromatic heterocycles. The maximum absolute atomic E-state index is 12.7. The van der Waals surface area contributed by atoms with Crippen molar-refractivity contribution in [3.8, 4) is 5.69 Å². The van der Waals surface area contributed by atoms with Crippen molar-refractivity contribution in [1.29, 1.82) is 0 Å². The first-order valence-electron chi connectivity index (χ1n) is 8.11. The summed E-state index contributed by atoms with van der Waals surface area (Å²) in [6.45, 7) is 7.47. The molecular weight excluding hydrogens is 324 g/mol. The number of aromatic amines is 1. The molecule has 8 nitrogen and oxygen atoms in total. The van der Waals surface area contributed by atoms with Gasteiger partial charge in [-0.1, -0.05) is 0 Å². The highest BCUT2D eigenvalue weighted by Crippen LogP contribution is 2.14. The van der Waals surface area contributed by atoms with E-state index in [1.54, 1.807) is 13.8 Å². The normalized spacial score (nSPS) is 11.7. The smallest absolute Gasteiger partial charge is 0.280 e. The van der Waals surface area contributed by atoms with Crippen LogP contribution in [0.15, 0.2) is 34.1 Å². The van der Waals surface area contributed by atoms with Crippen LogP contribution in [0.3, 0.4) is 0 Å². The average Bonchev–Trinajstić information content (AvgIpc) is 2.89. The molecule has 0 fully saturated rings. The van der Waals surface area contributed by atoms with E-state index in [4.69, 9.17) is 4.74 Å². The minimum Gasteiger partial charge on any atom is -0.382 e. The molecule has 0 aliphatic carbocycles. The van der Waals surface area contributed by atoms with Gasteiger partial charge in [-0.2, -0.15) is 0 Å². The van der Waals surface area contributed by atoms with E-state index < -0.39 is 4.92 Å². The molecule has 0 aliphatic rings. The second-order valence-electron chi connectivity index (χ2n) is 5.54. The molecule has 1 heterocycles. The van der Waals surface area contributed by atoms with Gasteiger partial charge in [-0.25, -0.2) is 4.68 Å². The van der Waals surface area contributed by atoms with E-state index in [0.29, 0.717) is 42.4 Å². The van der Waals surface area contributed by atoms with E-state index in [2.05, 4.69) is 10.1 Å². The molecule has 0 saturated carbocycles. The number of H-pyrrole nitrogens is 1. The zero-order valence-corrected chi connectivity index (χ0v) is 14.6. The van der Waals surface area contributed by atoms with Crippen LogP contribution in [0.5, 0.6) is 0 Å². The lowest BCUT2D eigenvalue weighted by molar-refractivity contribution is -0.384. The monoisotopic (exact) mass is 346 g/mol. The molecule has 1 N–H and O–H groups in total. The third kappa shape index (κ3) is 4.42. The first kappa shape index (κ1) is 18.6. The number of aryl methyl sites for hydroxylation is 1. The molecule has 134 valence electrons. The molecule has 0 radical (unpaired) electrons. The van der Waals surface area contributed by atoms with Crippen LogP contribution < -0.4 is 5.56 Å². The Morgan fingerprint density at radius 1 is 1.36 bits per heavy atom. The largest absolute Gasteiger partial charge is 0.382 e. The fourth-order valence-corrected chi connectivity index (χ4v) is 2.51. The van der Waals surface area contributed by atoms with Gasteiger partial charge in [-0.15, -0.1) is 0 Å². The lowest BCUT2D eigenvalue weighted by Gasteiger charge is -2.01. The first-order valence-corrected chi connectivity index (χ1v) is 8.11. The highest BCUT2D eigenvalue weighted by atomic mass is 16.6. The number of benzene rings is 1. The Balaban J connectivity index is 2.24. The van der Waals surface area contributed by atoms with Gasteiger partial charge < -0.3 is 4.74 Å². The van der Waals surface area contributed by atoms with Crippen LogP contribution in [0, 0.1) is 17.0 Å². The Kier molecular flexibility index (Phi) is 6.24. The molecular formula is C17H22N4O4. The van der Waals surface area contributed by atoms with Crippen molar-refractivity contribution in [3.63, 3.8) is 0 Å². The van der Waals surface area contributed by atoms with Crippen LogP contribution in [-0.4, -0.2) is 40.2 Å². The van der Waals surface area contributed by atoms with Gasteiger partial charge in [0.2, 0.25) is 0 Å². The Labute approximate surface area is 145 Å².